The van der Waals surface area contributed by atoms with E-state index in [0.717, 1.165) is 31.2 Å². The standard InChI is InChI=1S/C18H23ClN2O2/c19-15-5-3-4-14(12-15)18(8-1-2-9-18)17(23)21-10-6-13(7-11-21)16(20)22/h3-5,12-13H,1-2,6-11H2,(H2,20,22). The van der Waals surface area contributed by atoms with Gasteiger partial charge >= 0.3 is 0 Å². The van der Waals surface area contributed by atoms with Gasteiger partial charge in [0.2, 0.25) is 11.8 Å². The number of primary amides is 1. The van der Waals surface area contributed by atoms with Crippen LogP contribution in [0.2, 0.25) is 5.02 Å². The first-order valence-electron chi connectivity index (χ1n) is 8.38. The Bertz CT molecular complexity index is 603. The Morgan fingerprint density at radius 3 is 2.39 bits per heavy atom. The molecule has 3 rings (SSSR count). The molecule has 1 aromatic rings. The van der Waals surface area contributed by atoms with Crippen LogP contribution < -0.4 is 5.73 Å². The summed E-state index contributed by atoms with van der Waals surface area (Å²) in [5, 5.41) is 0.675. The summed E-state index contributed by atoms with van der Waals surface area (Å²) in [5.74, 6) is -0.146. The Morgan fingerprint density at radius 2 is 1.83 bits per heavy atom. The number of halogens is 1. The summed E-state index contributed by atoms with van der Waals surface area (Å²) in [6.45, 7) is 1.24. The zero-order chi connectivity index (χ0) is 16.4. The van der Waals surface area contributed by atoms with Gasteiger partial charge in [-0.1, -0.05) is 36.6 Å². The SMILES string of the molecule is NC(=O)C1CCN(C(=O)C2(c3cccc(Cl)c3)CCCC2)CC1. The molecule has 124 valence electrons. The van der Waals surface area contributed by atoms with Crippen LogP contribution in [0, 0.1) is 5.92 Å². The molecule has 0 bridgehead atoms. The number of hydrogen-bond donors (Lipinski definition) is 1. The minimum atomic E-state index is -0.440. The molecule has 0 radical (unpaired) electrons. The smallest absolute Gasteiger partial charge is 0.233 e. The molecule has 1 saturated heterocycles. The summed E-state index contributed by atoms with van der Waals surface area (Å²) >= 11 is 6.15. The van der Waals surface area contributed by atoms with E-state index in [1.54, 1.807) is 0 Å². The number of piperidine rings is 1. The van der Waals surface area contributed by atoms with Crippen molar-refractivity contribution in [1.29, 1.82) is 0 Å². The van der Waals surface area contributed by atoms with Crippen LogP contribution >= 0.6 is 11.6 Å². The van der Waals surface area contributed by atoms with Crippen molar-refractivity contribution in [3.8, 4) is 0 Å². The lowest BCUT2D eigenvalue weighted by Crippen LogP contribution is -2.49. The number of hydrogen-bond acceptors (Lipinski definition) is 2. The zero-order valence-electron chi connectivity index (χ0n) is 13.3. The van der Waals surface area contributed by atoms with Crippen LogP contribution in [0.3, 0.4) is 0 Å². The summed E-state index contributed by atoms with van der Waals surface area (Å²) < 4.78 is 0. The summed E-state index contributed by atoms with van der Waals surface area (Å²) in [5.41, 5.74) is 5.98. The molecular formula is C18H23ClN2O2. The van der Waals surface area contributed by atoms with Gasteiger partial charge in [-0.25, -0.2) is 0 Å². The maximum absolute atomic E-state index is 13.3. The van der Waals surface area contributed by atoms with Crippen LogP contribution in [-0.2, 0) is 15.0 Å². The van der Waals surface area contributed by atoms with Crippen molar-refractivity contribution in [1.82, 2.24) is 4.90 Å². The Labute approximate surface area is 142 Å². The fourth-order valence-electron chi connectivity index (χ4n) is 4.06. The lowest BCUT2D eigenvalue weighted by Gasteiger charge is -2.38. The van der Waals surface area contributed by atoms with E-state index < -0.39 is 5.41 Å². The maximum atomic E-state index is 13.3. The second-order valence-corrected chi connectivity index (χ2v) is 7.20. The molecule has 2 aliphatic rings. The van der Waals surface area contributed by atoms with E-state index >= 15 is 0 Å². The van der Waals surface area contributed by atoms with Crippen molar-refractivity contribution in [2.75, 3.05) is 13.1 Å². The molecule has 1 heterocycles. The van der Waals surface area contributed by atoms with Crippen molar-refractivity contribution < 1.29 is 9.59 Å². The molecule has 1 aromatic carbocycles. The van der Waals surface area contributed by atoms with Crippen LogP contribution in [-0.4, -0.2) is 29.8 Å². The number of rotatable bonds is 3. The van der Waals surface area contributed by atoms with Gasteiger partial charge in [-0.05, 0) is 43.4 Å². The van der Waals surface area contributed by atoms with Gasteiger partial charge in [-0.2, -0.15) is 0 Å². The Kier molecular flexibility index (Phi) is 4.62. The minimum absolute atomic E-state index is 0.0928. The van der Waals surface area contributed by atoms with Crippen molar-refractivity contribution in [3.63, 3.8) is 0 Å². The van der Waals surface area contributed by atoms with Gasteiger partial charge in [-0.3, -0.25) is 9.59 Å². The average Bonchev–Trinajstić information content (AvgIpc) is 3.05. The third-order valence-corrected chi connectivity index (χ3v) is 5.66. The van der Waals surface area contributed by atoms with Crippen LogP contribution in [0.4, 0.5) is 0 Å². The molecule has 1 saturated carbocycles. The van der Waals surface area contributed by atoms with E-state index in [0.29, 0.717) is 31.0 Å². The molecule has 1 aliphatic carbocycles. The van der Waals surface area contributed by atoms with Gasteiger partial charge in [0.25, 0.3) is 0 Å². The highest BCUT2D eigenvalue weighted by atomic mass is 35.5. The first-order chi connectivity index (χ1) is 11.0. The van der Waals surface area contributed by atoms with E-state index in [2.05, 4.69) is 0 Å². The van der Waals surface area contributed by atoms with E-state index in [1.807, 2.05) is 29.2 Å². The van der Waals surface area contributed by atoms with E-state index in [1.165, 1.54) is 0 Å². The maximum Gasteiger partial charge on any atom is 0.233 e. The molecular weight excluding hydrogens is 312 g/mol. The van der Waals surface area contributed by atoms with Crippen LogP contribution in [0.25, 0.3) is 0 Å². The average molecular weight is 335 g/mol. The molecule has 5 heteroatoms. The summed E-state index contributed by atoms with van der Waals surface area (Å²) in [6, 6.07) is 7.72. The van der Waals surface area contributed by atoms with Gasteiger partial charge in [0.15, 0.2) is 0 Å². The van der Waals surface area contributed by atoms with Crippen molar-refractivity contribution in [2.45, 2.75) is 43.9 Å². The third-order valence-electron chi connectivity index (χ3n) is 5.43. The quantitative estimate of drug-likeness (QED) is 0.923. The molecule has 23 heavy (non-hydrogen) atoms. The normalized spacial score (nSPS) is 21.3. The first-order valence-corrected chi connectivity index (χ1v) is 8.75. The number of nitrogens with two attached hydrogens (primary N) is 1. The van der Waals surface area contributed by atoms with Gasteiger partial charge in [0.05, 0.1) is 5.41 Å². The molecule has 4 nitrogen and oxygen atoms in total. The van der Waals surface area contributed by atoms with Gasteiger partial charge in [0.1, 0.15) is 0 Å². The molecule has 2 fully saturated rings. The lowest BCUT2D eigenvalue weighted by molar-refractivity contribution is -0.140. The molecule has 0 atom stereocenters. The first kappa shape index (κ1) is 16.3. The highest BCUT2D eigenvalue weighted by Crippen LogP contribution is 2.43. The fraction of sp³-hybridized carbons (Fsp3) is 0.556. The largest absolute Gasteiger partial charge is 0.369 e. The van der Waals surface area contributed by atoms with Crippen molar-refractivity contribution in [3.05, 3.63) is 34.9 Å². The number of carbonyl (C=O) groups excluding carboxylic acids is 2. The summed E-state index contributed by atoms with van der Waals surface area (Å²) in [6.07, 6.45) is 5.23. The second kappa shape index (κ2) is 6.52. The highest BCUT2D eigenvalue weighted by molar-refractivity contribution is 6.30. The Balaban J connectivity index is 1.82. The molecule has 1 aliphatic heterocycles. The zero-order valence-corrected chi connectivity index (χ0v) is 14.0. The number of carbonyl (C=O) groups is 2. The molecule has 2 N–H and O–H groups in total. The number of likely N-dealkylation sites (tertiary alicyclic amines) is 1. The number of nitrogens with zero attached hydrogens (tertiary/aromatic N) is 1. The highest BCUT2D eigenvalue weighted by Gasteiger charge is 2.45. The predicted molar refractivity (Wildman–Crippen MR) is 90.1 cm³/mol. The Hall–Kier alpha value is -1.55. The van der Waals surface area contributed by atoms with Crippen LogP contribution in [0.15, 0.2) is 24.3 Å². The van der Waals surface area contributed by atoms with Gasteiger partial charge in [-0.15, -0.1) is 0 Å². The van der Waals surface area contributed by atoms with E-state index in [4.69, 9.17) is 17.3 Å². The predicted octanol–water partition coefficient (Wildman–Crippen LogP) is 2.88. The van der Waals surface area contributed by atoms with E-state index in [9.17, 15) is 9.59 Å². The molecule has 0 aromatic heterocycles. The van der Waals surface area contributed by atoms with Crippen LogP contribution in [0.1, 0.15) is 44.1 Å². The molecule has 0 spiro atoms. The number of benzene rings is 1. The summed E-state index contributed by atoms with van der Waals surface area (Å²) in [7, 11) is 0. The monoisotopic (exact) mass is 334 g/mol. The van der Waals surface area contributed by atoms with Crippen molar-refractivity contribution in [2.24, 2.45) is 11.7 Å². The summed E-state index contributed by atoms with van der Waals surface area (Å²) in [4.78, 5) is 26.5. The van der Waals surface area contributed by atoms with Gasteiger partial charge in [0, 0.05) is 24.0 Å². The minimum Gasteiger partial charge on any atom is -0.369 e. The second-order valence-electron chi connectivity index (χ2n) is 6.77. The third kappa shape index (κ3) is 3.09. The van der Waals surface area contributed by atoms with Gasteiger partial charge < -0.3 is 10.6 Å². The lowest BCUT2D eigenvalue weighted by atomic mass is 9.77. The van der Waals surface area contributed by atoms with E-state index in [-0.39, 0.29) is 17.7 Å². The fourth-order valence-corrected chi connectivity index (χ4v) is 4.25. The number of amides is 2. The van der Waals surface area contributed by atoms with Crippen molar-refractivity contribution >= 4 is 23.4 Å². The topological polar surface area (TPSA) is 63.4 Å². The molecule has 2 amide bonds. The molecule has 0 unspecified atom stereocenters. The van der Waals surface area contributed by atoms with Crippen LogP contribution in [0.5, 0.6) is 0 Å². The Morgan fingerprint density at radius 1 is 1.17 bits per heavy atom.